The Hall–Kier alpha value is -1.06. The van der Waals surface area contributed by atoms with Crippen molar-refractivity contribution in [3.63, 3.8) is 0 Å². The summed E-state index contributed by atoms with van der Waals surface area (Å²) in [4.78, 5) is 23.3. The van der Waals surface area contributed by atoms with Crippen molar-refractivity contribution >= 4 is 11.9 Å². The second-order valence-electron chi connectivity index (χ2n) is 12.3. The highest BCUT2D eigenvalue weighted by atomic mass is 16.6. The van der Waals surface area contributed by atoms with Gasteiger partial charge in [-0.25, -0.2) is 0 Å². The molecule has 0 N–H and O–H groups in total. The van der Waals surface area contributed by atoms with Crippen molar-refractivity contribution in [1.29, 1.82) is 0 Å². The number of hydrogen-bond donors (Lipinski definition) is 0. The number of hydrogen-bond acceptors (Lipinski definition) is 4. The van der Waals surface area contributed by atoms with Crippen LogP contribution in [0.25, 0.3) is 0 Å². The van der Waals surface area contributed by atoms with Gasteiger partial charge in [-0.3, -0.25) is 9.59 Å². The Labute approximate surface area is 182 Å². The van der Waals surface area contributed by atoms with Crippen LogP contribution in [0.2, 0.25) is 0 Å². The van der Waals surface area contributed by atoms with E-state index in [2.05, 4.69) is 27.7 Å². The van der Waals surface area contributed by atoms with E-state index in [4.69, 9.17) is 9.47 Å². The SMILES string of the molecule is CC1C(C)C2CC1C1COC(=O)CC21.CC1C2CC(C(=O)OC(C)(C)C)C(C2)C1C. The van der Waals surface area contributed by atoms with Crippen LogP contribution in [-0.4, -0.2) is 24.1 Å². The lowest BCUT2D eigenvalue weighted by atomic mass is 9.68. The van der Waals surface area contributed by atoms with Gasteiger partial charge < -0.3 is 9.47 Å². The number of ether oxygens (including phenoxy) is 2. The summed E-state index contributed by atoms with van der Waals surface area (Å²) in [6.07, 6.45) is 4.36. The van der Waals surface area contributed by atoms with Gasteiger partial charge in [-0.05, 0) is 99.2 Å². The minimum absolute atomic E-state index is 0.0404. The van der Waals surface area contributed by atoms with Gasteiger partial charge in [-0.15, -0.1) is 0 Å². The van der Waals surface area contributed by atoms with Gasteiger partial charge in [0.1, 0.15) is 5.60 Å². The second-order valence-corrected chi connectivity index (χ2v) is 12.3. The molecule has 30 heavy (non-hydrogen) atoms. The first-order chi connectivity index (χ1) is 14.0. The summed E-state index contributed by atoms with van der Waals surface area (Å²) < 4.78 is 10.7. The molecule has 0 radical (unpaired) electrons. The first kappa shape index (κ1) is 22.1. The molecule has 5 aliphatic rings. The van der Waals surface area contributed by atoms with Crippen molar-refractivity contribution in [3.8, 4) is 0 Å². The number of carbonyl (C=O) groups excluding carboxylic acids is 2. The molecular formula is C26H42O4. The lowest BCUT2D eigenvalue weighted by Gasteiger charge is -2.40. The van der Waals surface area contributed by atoms with E-state index < -0.39 is 0 Å². The van der Waals surface area contributed by atoms with Gasteiger partial charge in [0.05, 0.1) is 12.5 Å². The Bertz CT molecular complexity index is 675. The predicted molar refractivity (Wildman–Crippen MR) is 116 cm³/mol. The molecule has 1 saturated heterocycles. The maximum Gasteiger partial charge on any atom is 0.309 e. The number of carbonyl (C=O) groups is 2. The molecule has 4 heteroatoms. The average Bonchev–Trinajstić information content (AvgIpc) is 3.38. The third kappa shape index (κ3) is 3.81. The lowest BCUT2D eigenvalue weighted by Crippen LogP contribution is -2.40. The molecule has 4 bridgehead atoms. The van der Waals surface area contributed by atoms with Crippen LogP contribution in [0.15, 0.2) is 0 Å². The van der Waals surface area contributed by atoms with Gasteiger partial charge in [0, 0.05) is 6.42 Å². The van der Waals surface area contributed by atoms with Crippen LogP contribution in [0, 0.1) is 65.1 Å². The summed E-state index contributed by atoms with van der Waals surface area (Å²) in [5.74, 6) is 7.77. The van der Waals surface area contributed by atoms with Crippen LogP contribution in [0.3, 0.4) is 0 Å². The molecule has 11 atom stereocenters. The zero-order chi connectivity index (χ0) is 22.0. The van der Waals surface area contributed by atoms with E-state index in [9.17, 15) is 9.59 Å². The Morgan fingerprint density at radius 1 is 0.833 bits per heavy atom. The third-order valence-electron chi connectivity index (χ3n) is 9.82. The largest absolute Gasteiger partial charge is 0.465 e. The number of cyclic esters (lactones) is 1. The standard InChI is InChI=1S/C14H24O2.C12H18O2/c1-8-9(2)11-6-10(8)7-12(11)13(15)16-14(3,4)5;1-6-7(2)9-3-8(6)10-4-12(13)14-5-11(9)10/h8-12H,6-7H2,1-5H3;6-11H,3-5H2,1-2H3. The Kier molecular flexibility index (Phi) is 5.77. The molecule has 1 heterocycles. The van der Waals surface area contributed by atoms with Crippen LogP contribution in [0.5, 0.6) is 0 Å². The molecule has 0 spiro atoms. The fraction of sp³-hybridized carbons (Fsp3) is 0.923. The van der Waals surface area contributed by atoms with Gasteiger partial charge in [0.25, 0.3) is 0 Å². The molecule has 0 amide bonds. The summed E-state index contributed by atoms with van der Waals surface area (Å²) in [5.41, 5.74) is -0.340. The molecular weight excluding hydrogens is 376 g/mol. The van der Waals surface area contributed by atoms with Crippen molar-refractivity contribution in [1.82, 2.24) is 0 Å². The second kappa shape index (κ2) is 7.81. The van der Waals surface area contributed by atoms with Crippen molar-refractivity contribution in [2.24, 2.45) is 65.1 Å². The molecule has 4 nitrogen and oxygen atoms in total. The Morgan fingerprint density at radius 2 is 1.43 bits per heavy atom. The predicted octanol–water partition coefficient (Wildman–Crippen LogP) is 5.34. The molecule has 4 saturated carbocycles. The molecule has 0 aromatic rings. The normalized spacial score (nSPS) is 48.6. The fourth-order valence-electron chi connectivity index (χ4n) is 7.87. The first-order valence-corrected chi connectivity index (χ1v) is 12.4. The number of fused-ring (bicyclic) bond motifs is 7. The maximum atomic E-state index is 12.1. The molecule has 5 rings (SSSR count). The molecule has 0 aromatic heterocycles. The van der Waals surface area contributed by atoms with E-state index in [1.54, 1.807) is 0 Å². The van der Waals surface area contributed by atoms with Crippen LogP contribution in [-0.2, 0) is 19.1 Å². The highest BCUT2D eigenvalue weighted by Gasteiger charge is 2.56. The zero-order valence-corrected chi connectivity index (χ0v) is 20.0. The van der Waals surface area contributed by atoms with Gasteiger partial charge in [-0.1, -0.05) is 27.7 Å². The van der Waals surface area contributed by atoms with Gasteiger partial charge in [0.15, 0.2) is 0 Å². The minimum Gasteiger partial charge on any atom is -0.465 e. The van der Waals surface area contributed by atoms with Crippen molar-refractivity contribution in [2.45, 2.75) is 79.8 Å². The van der Waals surface area contributed by atoms with Crippen molar-refractivity contribution < 1.29 is 19.1 Å². The molecule has 170 valence electrons. The average molecular weight is 419 g/mol. The van der Waals surface area contributed by atoms with Crippen LogP contribution < -0.4 is 0 Å². The van der Waals surface area contributed by atoms with Crippen molar-refractivity contribution in [2.75, 3.05) is 6.61 Å². The van der Waals surface area contributed by atoms with E-state index in [1.165, 1.54) is 12.8 Å². The number of esters is 2. The van der Waals surface area contributed by atoms with Gasteiger partial charge in [0.2, 0.25) is 0 Å². The minimum atomic E-state index is -0.340. The lowest BCUT2D eigenvalue weighted by molar-refractivity contribution is -0.163. The van der Waals surface area contributed by atoms with Crippen LogP contribution in [0.4, 0.5) is 0 Å². The summed E-state index contributed by atoms with van der Waals surface area (Å²) in [5, 5.41) is 0. The highest BCUT2D eigenvalue weighted by Crippen LogP contribution is 2.60. The van der Waals surface area contributed by atoms with E-state index in [0.29, 0.717) is 36.7 Å². The monoisotopic (exact) mass is 418 g/mol. The van der Waals surface area contributed by atoms with Crippen LogP contribution >= 0.6 is 0 Å². The third-order valence-corrected chi connectivity index (χ3v) is 9.82. The topological polar surface area (TPSA) is 52.6 Å². The maximum absolute atomic E-state index is 12.1. The summed E-state index contributed by atoms with van der Waals surface area (Å²) in [6.45, 7) is 15.9. The van der Waals surface area contributed by atoms with Crippen LogP contribution in [0.1, 0.15) is 74.1 Å². The zero-order valence-electron chi connectivity index (χ0n) is 20.0. The molecule has 1 aliphatic heterocycles. The van der Waals surface area contributed by atoms with E-state index >= 15 is 0 Å². The smallest absolute Gasteiger partial charge is 0.309 e. The summed E-state index contributed by atoms with van der Waals surface area (Å²) >= 11 is 0. The fourth-order valence-corrected chi connectivity index (χ4v) is 7.87. The van der Waals surface area contributed by atoms with E-state index in [0.717, 1.165) is 41.9 Å². The Balaban J connectivity index is 0.000000146. The van der Waals surface area contributed by atoms with E-state index in [-0.39, 0.29) is 23.5 Å². The summed E-state index contributed by atoms with van der Waals surface area (Å²) in [7, 11) is 0. The molecule has 5 fully saturated rings. The Morgan fingerprint density at radius 3 is 2.00 bits per heavy atom. The first-order valence-electron chi connectivity index (χ1n) is 12.4. The summed E-state index contributed by atoms with van der Waals surface area (Å²) in [6, 6.07) is 0. The van der Waals surface area contributed by atoms with Gasteiger partial charge >= 0.3 is 11.9 Å². The highest BCUT2D eigenvalue weighted by molar-refractivity contribution is 5.74. The number of rotatable bonds is 1. The molecule has 4 aliphatic carbocycles. The molecule has 11 unspecified atom stereocenters. The van der Waals surface area contributed by atoms with E-state index in [1.807, 2.05) is 20.8 Å². The van der Waals surface area contributed by atoms with Crippen molar-refractivity contribution in [3.05, 3.63) is 0 Å². The molecule has 0 aromatic carbocycles. The van der Waals surface area contributed by atoms with Gasteiger partial charge in [-0.2, -0.15) is 0 Å². The quantitative estimate of drug-likeness (QED) is 0.539.